The van der Waals surface area contributed by atoms with Gasteiger partial charge in [0, 0.05) is 41.5 Å². The molecule has 2 aromatic rings. The van der Waals surface area contributed by atoms with E-state index in [0.29, 0.717) is 23.7 Å². The Morgan fingerprint density at radius 1 is 1.42 bits per heavy atom. The lowest BCUT2D eigenvalue weighted by atomic mass is 10.2. The van der Waals surface area contributed by atoms with E-state index in [1.54, 1.807) is 12.3 Å². The van der Waals surface area contributed by atoms with Crippen LogP contribution < -0.4 is 5.32 Å². The number of nitro groups is 1. The Balaban J connectivity index is 2.01. The Hall–Kier alpha value is -1.92. The fourth-order valence-corrected chi connectivity index (χ4v) is 1.88. The predicted molar refractivity (Wildman–Crippen MR) is 72.0 cm³/mol. The summed E-state index contributed by atoms with van der Waals surface area (Å²) in [6.45, 7) is 3.02. The van der Waals surface area contributed by atoms with E-state index in [0.717, 1.165) is 11.3 Å². The highest BCUT2D eigenvalue weighted by Crippen LogP contribution is 2.21. The van der Waals surface area contributed by atoms with Gasteiger partial charge >= 0.3 is 0 Å². The van der Waals surface area contributed by atoms with Crippen LogP contribution in [-0.2, 0) is 13.1 Å². The Morgan fingerprint density at radius 3 is 2.79 bits per heavy atom. The second-order valence-corrected chi connectivity index (χ2v) is 4.56. The summed E-state index contributed by atoms with van der Waals surface area (Å²) in [5.41, 5.74) is 2.80. The monoisotopic (exact) mass is 280 g/mol. The van der Waals surface area contributed by atoms with Crippen LogP contribution in [0.4, 0.5) is 5.69 Å². The molecule has 0 radical (unpaired) electrons. The second kappa shape index (κ2) is 5.81. The van der Waals surface area contributed by atoms with Crippen molar-refractivity contribution in [3.8, 4) is 0 Å². The fraction of sp³-hybridized carbons (Fsp3) is 0.250. The zero-order valence-corrected chi connectivity index (χ0v) is 11.1. The normalized spacial score (nSPS) is 10.6. The first-order valence-corrected chi connectivity index (χ1v) is 6.08. The summed E-state index contributed by atoms with van der Waals surface area (Å²) < 4.78 is 0. The first kappa shape index (κ1) is 13.5. The molecule has 2 rings (SSSR count). The van der Waals surface area contributed by atoms with Crippen LogP contribution in [0.1, 0.15) is 16.8 Å². The summed E-state index contributed by atoms with van der Waals surface area (Å²) in [5, 5.41) is 21.2. The minimum Gasteiger partial charge on any atom is -0.308 e. The largest absolute Gasteiger partial charge is 0.308 e. The summed E-state index contributed by atoms with van der Waals surface area (Å²) >= 11 is 6.01. The lowest BCUT2D eigenvalue weighted by molar-refractivity contribution is -0.384. The maximum Gasteiger partial charge on any atom is 0.269 e. The van der Waals surface area contributed by atoms with E-state index in [9.17, 15) is 10.1 Å². The van der Waals surface area contributed by atoms with Crippen LogP contribution in [0.15, 0.2) is 24.4 Å². The number of nitro benzene ring substituents is 1. The molecule has 0 fully saturated rings. The highest BCUT2D eigenvalue weighted by Gasteiger charge is 2.09. The molecule has 7 heteroatoms. The van der Waals surface area contributed by atoms with Gasteiger partial charge in [0.05, 0.1) is 11.1 Å². The van der Waals surface area contributed by atoms with Gasteiger partial charge in [-0.1, -0.05) is 11.6 Å². The molecular formula is C12H13ClN4O2. The van der Waals surface area contributed by atoms with Crippen LogP contribution >= 0.6 is 11.6 Å². The summed E-state index contributed by atoms with van der Waals surface area (Å²) in [6, 6.07) is 4.42. The molecule has 0 aliphatic rings. The van der Waals surface area contributed by atoms with Crippen LogP contribution in [0.25, 0.3) is 0 Å². The predicted octanol–water partition coefficient (Wildman–Crippen LogP) is 2.57. The number of rotatable bonds is 5. The molecule has 19 heavy (non-hydrogen) atoms. The smallest absolute Gasteiger partial charge is 0.269 e. The van der Waals surface area contributed by atoms with Gasteiger partial charge in [0.25, 0.3) is 5.69 Å². The van der Waals surface area contributed by atoms with E-state index in [-0.39, 0.29) is 5.69 Å². The van der Waals surface area contributed by atoms with Crippen molar-refractivity contribution in [3.63, 3.8) is 0 Å². The number of non-ortho nitro benzene ring substituents is 1. The lowest BCUT2D eigenvalue weighted by Gasteiger charge is -2.06. The zero-order chi connectivity index (χ0) is 13.8. The summed E-state index contributed by atoms with van der Waals surface area (Å²) in [7, 11) is 0. The molecule has 0 unspecified atom stereocenters. The van der Waals surface area contributed by atoms with E-state index in [1.807, 2.05) is 6.92 Å². The first-order chi connectivity index (χ1) is 9.08. The van der Waals surface area contributed by atoms with Gasteiger partial charge in [-0.15, -0.1) is 0 Å². The van der Waals surface area contributed by atoms with Gasteiger partial charge in [0.15, 0.2) is 0 Å². The number of nitrogens with zero attached hydrogens (tertiary/aromatic N) is 2. The number of hydrogen-bond acceptors (Lipinski definition) is 4. The maximum atomic E-state index is 10.7. The van der Waals surface area contributed by atoms with Crippen molar-refractivity contribution in [1.29, 1.82) is 0 Å². The summed E-state index contributed by atoms with van der Waals surface area (Å²) in [4.78, 5) is 10.3. The third-order valence-corrected chi connectivity index (χ3v) is 3.17. The molecule has 6 nitrogen and oxygen atoms in total. The van der Waals surface area contributed by atoms with Crippen LogP contribution in [-0.4, -0.2) is 15.1 Å². The number of aromatic nitrogens is 2. The molecule has 0 saturated carbocycles. The average molecular weight is 281 g/mol. The molecule has 1 aromatic carbocycles. The Labute approximate surface area is 114 Å². The third kappa shape index (κ3) is 3.30. The standard InChI is InChI=1S/C12H13ClN4O2/c1-8-10(7-15-16-8)6-14-5-9-4-11(17(18)19)2-3-12(9)13/h2-4,7,14H,5-6H2,1H3,(H,15,16). The molecular weight excluding hydrogens is 268 g/mol. The highest BCUT2D eigenvalue weighted by molar-refractivity contribution is 6.31. The number of hydrogen-bond donors (Lipinski definition) is 2. The summed E-state index contributed by atoms with van der Waals surface area (Å²) in [6.07, 6.45) is 1.75. The molecule has 0 aliphatic carbocycles. The zero-order valence-electron chi connectivity index (χ0n) is 10.3. The SMILES string of the molecule is Cc1[nH]ncc1CNCc1cc([N+](=O)[O-])ccc1Cl. The van der Waals surface area contributed by atoms with Crippen molar-refractivity contribution in [3.05, 3.63) is 56.4 Å². The van der Waals surface area contributed by atoms with Crippen LogP contribution in [0.5, 0.6) is 0 Å². The van der Waals surface area contributed by atoms with Crippen LogP contribution in [0, 0.1) is 17.0 Å². The molecule has 0 saturated heterocycles. The maximum absolute atomic E-state index is 10.7. The van der Waals surface area contributed by atoms with E-state index in [2.05, 4.69) is 15.5 Å². The highest BCUT2D eigenvalue weighted by atomic mass is 35.5. The topological polar surface area (TPSA) is 83.8 Å². The Bertz CT molecular complexity index is 597. The number of halogens is 1. The second-order valence-electron chi connectivity index (χ2n) is 4.16. The van der Waals surface area contributed by atoms with Crippen molar-refractivity contribution in [2.24, 2.45) is 0 Å². The number of aromatic amines is 1. The molecule has 2 N–H and O–H groups in total. The van der Waals surface area contributed by atoms with Crippen molar-refractivity contribution in [1.82, 2.24) is 15.5 Å². The Morgan fingerprint density at radius 2 is 2.16 bits per heavy atom. The van der Waals surface area contributed by atoms with Crippen LogP contribution in [0.2, 0.25) is 5.02 Å². The molecule has 0 amide bonds. The molecule has 100 valence electrons. The molecule has 1 heterocycles. The quantitative estimate of drug-likeness (QED) is 0.651. The van der Waals surface area contributed by atoms with Gasteiger partial charge < -0.3 is 5.32 Å². The molecule has 1 aromatic heterocycles. The van der Waals surface area contributed by atoms with Gasteiger partial charge in [0.2, 0.25) is 0 Å². The minimum absolute atomic E-state index is 0.0423. The third-order valence-electron chi connectivity index (χ3n) is 2.81. The molecule has 0 bridgehead atoms. The van der Waals surface area contributed by atoms with Gasteiger partial charge in [-0.3, -0.25) is 15.2 Å². The number of nitrogens with one attached hydrogen (secondary N) is 2. The molecule has 0 atom stereocenters. The van der Waals surface area contributed by atoms with Gasteiger partial charge in [0.1, 0.15) is 0 Å². The van der Waals surface area contributed by atoms with Crippen LogP contribution in [0.3, 0.4) is 0 Å². The van der Waals surface area contributed by atoms with Gasteiger partial charge in [-0.25, -0.2) is 0 Å². The van der Waals surface area contributed by atoms with E-state index in [4.69, 9.17) is 11.6 Å². The molecule has 0 aliphatic heterocycles. The molecule has 0 spiro atoms. The van der Waals surface area contributed by atoms with Gasteiger partial charge in [-0.2, -0.15) is 5.10 Å². The van der Waals surface area contributed by atoms with Crippen molar-refractivity contribution >= 4 is 17.3 Å². The lowest BCUT2D eigenvalue weighted by Crippen LogP contribution is -2.13. The fourth-order valence-electron chi connectivity index (χ4n) is 1.70. The van der Waals surface area contributed by atoms with Gasteiger partial charge in [-0.05, 0) is 18.6 Å². The minimum atomic E-state index is -0.431. The van der Waals surface area contributed by atoms with Crippen molar-refractivity contribution in [2.75, 3.05) is 0 Å². The van der Waals surface area contributed by atoms with E-state index in [1.165, 1.54) is 12.1 Å². The Kier molecular flexibility index (Phi) is 4.13. The average Bonchev–Trinajstić information content (AvgIpc) is 2.77. The van der Waals surface area contributed by atoms with Crippen molar-refractivity contribution in [2.45, 2.75) is 20.0 Å². The van der Waals surface area contributed by atoms with E-state index < -0.39 is 4.92 Å². The van der Waals surface area contributed by atoms with E-state index >= 15 is 0 Å². The number of aryl methyl sites for hydroxylation is 1. The number of H-pyrrole nitrogens is 1. The van der Waals surface area contributed by atoms with Crippen molar-refractivity contribution < 1.29 is 4.92 Å². The summed E-state index contributed by atoms with van der Waals surface area (Å²) in [5.74, 6) is 0. The number of benzene rings is 1. The first-order valence-electron chi connectivity index (χ1n) is 5.70.